The highest BCUT2D eigenvalue weighted by atomic mass is 19.4. The Kier molecular flexibility index (Phi) is 4.88. The molecule has 1 aromatic carbocycles. The standard InChI is InChI=1S/C14H14F6N2O/c15-13(16,17)9-4-8(5-10(6-9)14(18,19)20)12(23)22-7-11-2-1-3-21-11/h4-6,11,21H,1-3,7H2,(H,22,23)/t11-/m0/s1. The van der Waals surface area contributed by atoms with Gasteiger partial charge in [0.25, 0.3) is 5.91 Å². The molecule has 1 heterocycles. The maximum absolute atomic E-state index is 12.7. The third kappa shape index (κ3) is 4.60. The zero-order valence-electron chi connectivity index (χ0n) is 11.8. The molecule has 0 radical (unpaired) electrons. The van der Waals surface area contributed by atoms with E-state index in [0.717, 1.165) is 19.4 Å². The van der Waals surface area contributed by atoms with E-state index in [9.17, 15) is 31.1 Å². The molecule has 0 saturated carbocycles. The third-order valence-electron chi connectivity index (χ3n) is 3.52. The maximum atomic E-state index is 12.7. The topological polar surface area (TPSA) is 41.1 Å². The van der Waals surface area contributed by atoms with Gasteiger partial charge < -0.3 is 10.6 Å². The highest BCUT2D eigenvalue weighted by molar-refractivity contribution is 5.94. The number of carbonyl (C=O) groups is 1. The number of rotatable bonds is 3. The first-order valence-corrected chi connectivity index (χ1v) is 6.88. The first-order valence-electron chi connectivity index (χ1n) is 6.88. The van der Waals surface area contributed by atoms with Crippen molar-refractivity contribution in [1.82, 2.24) is 10.6 Å². The summed E-state index contributed by atoms with van der Waals surface area (Å²) < 4.78 is 76.3. The monoisotopic (exact) mass is 340 g/mol. The highest BCUT2D eigenvalue weighted by Gasteiger charge is 2.37. The van der Waals surface area contributed by atoms with Crippen LogP contribution in [0.4, 0.5) is 26.3 Å². The lowest BCUT2D eigenvalue weighted by Crippen LogP contribution is -2.37. The molecule has 0 bridgehead atoms. The van der Waals surface area contributed by atoms with Crippen LogP contribution in [0.2, 0.25) is 0 Å². The minimum absolute atomic E-state index is 0.00466. The van der Waals surface area contributed by atoms with E-state index in [0.29, 0.717) is 12.1 Å². The van der Waals surface area contributed by atoms with Crippen LogP contribution in [0.15, 0.2) is 18.2 Å². The van der Waals surface area contributed by atoms with Gasteiger partial charge in [-0.2, -0.15) is 26.3 Å². The molecule has 0 aromatic heterocycles. The van der Waals surface area contributed by atoms with Crippen LogP contribution in [0.1, 0.15) is 34.3 Å². The molecular weight excluding hydrogens is 326 g/mol. The molecular formula is C14H14F6N2O. The second-order valence-electron chi connectivity index (χ2n) is 5.30. The van der Waals surface area contributed by atoms with Crippen molar-refractivity contribution < 1.29 is 31.1 Å². The normalized spacial score (nSPS) is 19.0. The number of halogens is 6. The average molecular weight is 340 g/mol. The van der Waals surface area contributed by atoms with Crippen LogP contribution in [0.25, 0.3) is 0 Å². The number of hydrogen-bond donors (Lipinski definition) is 2. The van der Waals surface area contributed by atoms with Crippen molar-refractivity contribution in [3.8, 4) is 0 Å². The average Bonchev–Trinajstić information content (AvgIpc) is 2.95. The molecule has 23 heavy (non-hydrogen) atoms. The van der Waals surface area contributed by atoms with Gasteiger partial charge in [-0.3, -0.25) is 4.79 Å². The Morgan fingerprint density at radius 3 is 2.09 bits per heavy atom. The van der Waals surface area contributed by atoms with Crippen LogP contribution in [0.3, 0.4) is 0 Å². The molecule has 3 nitrogen and oxygen atoms in total. The SMILES string of the molecule is O=C(NC[C@@H]1CCCN1)c1cc(C(F)(F)F)cc(C(F)(F)F)c1. The number of nitrogens with one attached hydrogen (secondary N) is 2. The van der Waals surface area contributed by atoms with Gasteiger partial charge in [0, 0.05) is 18.2 Å². The molecule has 1 aliphatic heterocycles. The van der Waals surface area contributed by atoms with E-state index >= 15 is 0 Å². The summed E-state index contributed by atoms with van der Waals surface area (Å²) in [6.45, 7) is 0.915. The molecule has 0 unspecified atom stereocenters. The molecule has 2 N–H and O–H groups in total. The van der Waals surface area contributed by atoms with E-state index in [1.54, 1.807) is 0 Å². The third-order valence-corrected chi connectivity index (χ3v) is 3.52. The zero-order chi connectivity index (χ0) is 17.3. The first-order chi connectivity index (χ1) is 10.6. The molecule has 0 spiro atoms. The van der Waals surface area contributed by atoms with Crippen LogP contribution in [-0.2, 0) is 12.4 Å². The number of carbonyl (C=O) groups excluding carboxylic acids is 1. The van der Waals surface area contributed by atoms with Crippen LogP contribution < -0.4 is 10.6 Å². The molecule has 1 saturated heterocycles. The molecule has 0 aliphatic carbocycles. The van der Waals surface area contributed by atoms with Crippen LogP contribution in [-0.4, -0.2) is 25.0 Å². The molecule has 1 amide bonds. The van der Waals surface area contributed by atoms with Crippen LogP contribution >= 0.6 is 0 Å². The minimum atomic E-state index is -4.97. The Morgan fingerprint density at radius 1 is 1.09 bits per heavy atom. The van der Waals surface area contributed by atoms with E-state index < -0.39 is 35.0 Å². The van der Waals surface area contributed by atoms with Crippen molar-refractivity contribution in [1.29, 1.82) is 0 Å². The van der Waals surface area contributed by atoms with Crippen molar-refractivity contribution >= 4 is 5.91 Å². The minimum Gasteiger partial charge on any atom is -0.350 e. The summed E-state index contributed by atoms with van der Waals surface area (Å²) in [5.74, 6) is -0.963. The molecule has 1 aliphatic rings. The second-order valence-corrected chi connectivity index (χ2v) is 5.30. The van der Waals surface area contributed by atoms with Gasteiger partial charge >= 0.3 is 12.4 Å². The zero-order valence-corrected chi connectivity index (χ0v) is 11.8. The van der Waals surface area contributed by atoms with E-state index in [1.807, 2.05) is 0 Å². The van der Waals surface area contributed by atoms with Gasteiger partial charge in [0.15, 0.2) is 0 Å². The lowest BCUT2D eigenvalue weighted by atomic mass is 10.0. The van der Waals surface area contributed by atoms with Gasteiger partial charge in [-0.25, -0.2) is 0 Å². The van der Waals surface area contributed by atoms with Crippen LogP contribution in [0, 0.1) is 0 Å². The van der Waals surface area contributed by atoms with Crippen molar-refractivity contribution in [3.05, 3.63) is 34.9 Å². The number of hydrogen-bond acceptors (Lipinski definition) is 2. The van der Waals surface area contributed by atoms with Crippen molar-refractivity contribution in [2.24, 2.45) is 0 Å². The molecule has 1 aromatic rings. The Bertz CT molecular complexity index is 543. The lowest BCUT2D eigenvalue weighted by Gasteiger charge is -2.15. The van der Waals surface area contributed by atoms with Gasteiger partial charge in [-0.15, -0.1) is 0 Å². The van der Waals surface area contributed by atoms with Gasteiger partial charge in [-0.1, -0.05) is 0 Å². The number of amides is 1. The van der Waals surface area contributed by atoms with Crippen molar-refractivity contribution in [3.63, 3.8) is 0 Å². The Morgan fingerprint density at radius 2 is 1.65 bits per heavy atom. The fourth-order valence-electron chi connectivity index (χ4n) is 2.33. The van der Waals surface area contributed by atoms with E-state index in [1.165, 1.54) is 0 Å². The molecule has 9 heteroatoms. The molecule has 1 atom stereocenters. The van der Waals surface area contributed by atoms with Gasteiger partial charge in [0.2, 0.25) is 0 Å². The highest BCUT2D eigenvalue weighted by Crippen LogP contribution is 2.36. The summed E-state index contributed by atoms with van der Waals surface area (Å²) in [6, 6.07) is 0.820. The number of benzene rings is 1. The van der Waals surface area contributed by atoms with Crippen molar-refractivity contribution in [2.45, 2.75) is 31.2 Å². The molecule has 2 rings (SSSR count). The smallest absolute Gasteiger partial charge is 0.350 e. The summed E-state index contributed by atoms with van der Waals surface area (Å²) in [6.07, 6.45) is -8.24. The Balaban J connectivity index is 2.23. The van der Waals surface area contributed by atoms with E-state index in [4.69, 9.17) is 0 Å². The predicted octanol–water partition coefficient (Wildman–Crippen LogP) is 3.21. The maximum Gasteiger partial charge on any atom is 0.416 e. The molecule has 1 fully saturated rings. The van der Waals surface area contributed by atoms with E-state index in [2.05, 4.69) is 10.6 Å². The lowest BCUT2D eigenvalue weighted by molar-refractivity contribution is -0.143. The fraction of sp³-hybridized carbons (Fsp3) is 0.500. The predicted molar refractivity (Wildman–Crippen MR) is 69.8 cm³/mol. The summed E-state index contributed by atoms with van der Waals surface area (Å²) in [4.78, 5) is 11.9. The van der Waals surface area contributed by atoms with Crippen LogP contribution in [0.5, 0.6) is 0 Å². The Hall–Kier alpha value is -1.77. The van der Waals surface area contributed by atoms with E-state index in [-0.39, 0.29) is 18.7 Å². The Labute approximate surface area is 128 Å². The first kappa shape index (κ1) is 17.6. The summed E-state index contributed by atoms with van der Waals surface area (Å²) in [5.41, 5.74) is -3.67. The fourth-order valence-corrected chi connectivity index (χ4v) is 2.33. The number of alkyl halides is 6. The summed E-state index contributed by atoms with van der Waals surface area (Å²) >= 11 is 0. The second kappa shape index (κ2) is 6.38. The van der Waals surface area contributed by atoms with Gasteiger partial charge in [0.05, 0.1) is 11.1 Å². The molecule has 128 valence electrons. The van der Waals surface area contributed by atoms with Gasteiger partial charge in [0.1, 0.15) is 0 Å². The van der Waals surface area contributed by atoms with Gasteiger partial charge in [-0.05, 0) is 37.6 Å². The largest absolute Gasteiger partial charge is 0.416 e. The summed E-state index contributed by atoms with van der Waals surface area (Å²) in [5, 5.41) is 5.42. The summed E-state index contributed by atoms with van der Waals surface area (Å²) in [7, 11) is 0. The van der Waals surface area contributed by atoms with Crippen molar-refractivity contribution in [2.75, 3.05) is 13.1 Å². The quantitative estimate of drug-likeness (QED) is 0.830.